The van der Waals surface area contributed by atoms with Gasteiger partial charge in [0, 0.05) is 30.6 Å². The van der Waals surface area contributed by atoms with Crippen LogP contribution >= 0.6 is 24.8 Å². The van der Waals surface area contributed by atoms with Crippen molar-refractivity contribution in [2.75, 3.05) is 20.2 Å². The van der Waals surface area contributed by atoms with Crippen LogP contribution in [0, 0.1) is 0 Å². The van der Waals surface area contributed by atoms with Crippen LogP contribution in [0.15, 0.2) is 70.7 Å². The number of halogens is 2. The van der Waals surface area contributed by atoms with E-state index in [4.69, 9.17) is 10.5 Å². The second kappa shape index (κ2) is 13.3. The van der Waals surface area contributed by atoms with E-state index in [-0.39, 0.29) is 45.9 Å². The number of pyridine rings is 1. The zero-order chi connectivity index (χ0) is 24.0. The van der Waals surface area contributed by atoms with Crippen molar-refractivity contribution >= 4 is 40.6 Å². The molecule has 2 aromatic carbocycles. The Morgan fingerprint density at radius 1 is 1.14 bits per heavy atom. The zero-order valence-corrected chi connectivity index (χ0v) is 21.2. The minimum Gasteiger partial charge on any atom is -0.504 e. The first-order chi connectivity index (χ1) is 15.7. The number of nitrogens with two attached hydrogens (primary N) is 1. The summed E-state index contributed by atoms with van der Waals surface area (Å²) in [6, 6.07) is 12.1. The third-order valence-electron chi connectivity index (χ3n) is 5.08. The molecule has 0 unspecified atom stereocenters. The molecule has 0 bridgehead atoms. The van der Waals surface area contributed by atoms with E-state index in [1.54, 1.807) is 36.7 Å². The Bertz CT molecular complexity index is 1230. The van der Waals surface area contributed by atoms with Gasteiger partial charge in [-0.3, -0.25) is 9.78 Å². The smallest absolute Gasteiger partial charge is 0.252 e. The number of aliphatic hydroxyl groups excluding tert-OH is 1. The number of nitrogens with one attached hydrogen (secondary N) is 1. The van der Waals surface area contributed by atoms with Crippen LogP contribution in [0.1, 0.15) is 27.6 Å². The number of carbonyl (C=O) groups excluding carboxylic acids is 1. The number of rotatable bonds is 10. The zero-order valence-electron chi connectivity index (χ0n) is 18.7. The number of aromatic hydroxyl groups is 1. The van der Waals surface area contributed by atoms with Crippen molar-refractivity contribution < 1.29 is 28.2 Å². The summed E-state index contributed by atoms with van der Waals surface area (Å²) in [6.07, 6.45) is 3.21. The summed E-state index contributed by atoms with van der Waals surface area (Å²) in [6.45, 7) is 0.948. The maximum atomic E-state index is 13.0. The molecule has 190 valence electrons. The Labute approximate surface area is 216 Å². The molecule has 0 fully saturated rings. The molecule has 0 spiro atoms. The maximum absolute atomic E-state index is 13.0. The summed E-state index contributed by atoms with van der Waals surface area (Å²) >= 11 is 0. The number of ether oxygens (including phenoxy) is 1. The molecule has 0 saturated carbocycles. The van der Waals surface area contributed by atoms with Gasteiger partial charge in [0.1, 0.15) is 0 Å². The van der Waals surface area contributed by atoms with Gasteiger partial charge >= 0.3 is 0 Å². The van der Waals surface area contributed by atoms with Crippen LogP contribution in [0.2, 0.25) is 0 Å². The fourth-order valence-corrected chi connectivity index (χ4v) is 4.52. The lowest BCUT2D eigenvalue weighted by Gasteiger charge is -2.12. The highest BCUT2D eigenvalue weighted by Crippen LogP contribution is 2.34. The minimum absolute atomic E-state index is 0. The molecule has 12 heteroatoms. The molecule has 9 nitrogen and oxygen atoms in total. The van der Waals surface area contributed by atoms with E-state index in [0.29, 0.717) is 19.5 Å². The Kier molecular flexibility index (Phi) is 11.4. The van der Waals surface area contributed by atoms with Gasteiger partial charge in [-0.2, -0.15) is 0 Å². The third kappa shape index (κ3) is 7.30. The number of aromatic nitrogens is 1. The van der Waals surface area contributed by atoms with Crippen LogP contribution in [0.25, 0.3) is 0 Å². The van der Waals surface area contributed by atoms with Crippen molar-refractivity contribution in [1.82, 2.24) is 10.3 Å². The standard InChI is InChI=1S/C23H25N3O6S.2ClH/c1-32-21-12-18(11-19(22(21)28)23(24)29)33(30,31)17-6-4-15(5-7-17)8-10-26-14-20(27)16-3-2-9-25-13-16;;/h2-7,9,11-13,20,26-28H,8,10,14H2,1H3,(H2,24,29);2*1H/t20-;;/m1../s1. The number of hydrogen-bond donors (Lipinski definition) is 4. The van der Waals surface area contributed by atoms with E-state index < -0.39 is 27.6 Å². The van der Waals surface area contributed by atoms with Gasteiger partial charge in [-0.1, -0.05) is 18.2 Å². The minimum atomic E-state index is -3.98. The van der Waals surface area contributed by atoms with Crippen LogP contribution in [-0.2, 0) is 16.3 Å². The molecule has 3 aromatic rings. The van der Waals surface area contributed by atoms with Crippen molar-refractivity contribution in [3.63, 3.8) is 0 Å². The number of nitrogens with zero attached hydrogens (tertiary/aromatic N) is 1. The van der Waals surface area contributed by atoms with E-state index in [0.717, 1.165) is 23.3 Å². The van der Waals surface area contributed by atoms with Gasteiger partial charge in [0.15, 0.2) is 11.5 Å². The summed E-state index contributed by atoms with van der Waals surface area (Å²) in [5, 5.41) is 23.3. The van der Waals surface area contributed by atoms with E-state index in [2.05, 4.69) is 10.3 Å². The first kappa shape index (κ1) is 30.1. The fourth-order valence-electron chi connectivity index (χ4n) is 3.21. The van der Waals surface area contributed by atoms with Crippen LogP contribution in [0.5, 0.6) is 11.5 Å². The van der Waals surface area contributed by atoms with Crippen LogP contribution in [-0.4, -0.2) is 49.7 Å². The average Bonchev–Trinajstić information content (AvgIpc) is 2.82. The van der Waals surface area contributed by atoms with Crippen molar-refractivity contribution in [1.29, 1.82) is 0 Å². The van der Waals surface area contributed by atoms with E-state index >= 15 is 0 Å². The Morgan fingerprint density at radius 2 is 1.83 bits per heavy atom. The third-order valence-corrected chi connectivity index (χ3v) is 6.82. The number of aliphatic hydroxyl groups is 1. The normalized spacial score (nSPS) is 11.6. The predicted octanol–water partition coefficient (Wildman–Crippen LogP) is 2.44. The van der Waals surface area contributed by atoms with Gasteiger partial charge < -0.3 is 26.0 Å². The first-order valence-electron chi connectivity index (χ1n) is 10.1. The van der Waals surface area contributed by atoms with Gasteiger partial charge in [0.25, 0.3) is 5.91 Å². The summed E-state index contributed by atoms with van der Waals surface area (Å²) in [5.74, 6) is -1.65. The van der Waals surface area contributed by atoms with E-state index in [9.17, 15) is 23.4 Å². The quantitative estimate of drug-likeness (QED) is 0.284. The number of benzene rings is 2. The lowest BCUT2D eigenvalue weighted by atomic mass is 10.1. The number of primary amides is 1. The summed E-state index contributed by atoms with van der Waals surface area (Å²) in [7, 11) is -2.74. The highest BCUT2D eigenvalue weighted by atomic mass is 35.5. The Hall–Kier alpha value is -2.89. The monoisotopic (exact) mass is 543 g/mol. The molecule has 1 heterocycles. The molecule has 35 heavy (non-hydrogen) atoms. The molecule has 0 aliphatic heterocycles. The largest absolute Gasteiger partial charge is 0.504 e. The molecule has 1 atom stereocenters. The molecule has 3 rings (SSSR count). The van der Waals surface area contributed by atoms with Crippen LogP contribution < -0.4 is 15.8 Å². The van der Waals surface area contributed by atoms with Crippen molar-refractivity contribution in [2.24, 2.45) is 5.73 Å². The highest BCUT2D eigenvalue weighted by Gasteiger charge is 2.23. The lowest BCUT2D eigenvalue weighted by Crippen LogP contribution is -2.23. The van der Waals surface area contributed by atoms with Gasteiger partial charge in [-0.05, 0) is 42.8 Å². The Balaban J connectivity index is 0.00000306. The van der Waals surface area contributed by atoms with Gasteiger partial charge in [0.05, 0.1) is 28.6 Å². The molecular formula is C23H27Cl2N3O6S. The molecule has 5 N–H and O–H groups in total. The van der Waals surface area contributed by atoms with Crippen molar-refractivity contribution in [2.45, 2.75) is 22.3 Å². The number of sulfone groups is 1. The molecule has 1 aromatic heterocycles. The maximum Gasteiger partial charge on any atom is 0.252 e. The highest BCUT2D eigenvalue weighted by molar-refractivity contribution is 7.91. The summed E-state index contributed by atoms with van der Waals surface area (Å²) < 4.78 is 31.0. The molecular weight excluding hydrogens is 517 g/mol. The fraction of sp³-hybridized carbons (Fsp3) is 0.217. The topological polar surface area (TPSA) is 152 Å². The number of hydrogen-bond acceptors (Lipinski definition) is 8. The number of phenols is 1. The van der Waals surface area contributed by atoms with Gasteiger partial charge in [-0.15, -0.1) is 24.8 Å². The molecule has 0 aliphatic carbocycles. The van der Waals surface area contributed by atoms with Crippen molar-refractivity contribution in [3.05, 3.63) is 77.6 Å². The van der Waals surface area contributed by atoms with Crippen LogP contribution in [0.3, 0.4) is 0 Å². The summed E-state index contributed by atoms with van der Waals surface area (Å²) in [4.78, 5) is 15.4. The van der Waals surface area contributed by atoms with E-state index in [1.165, 1.54) is 19.2 Å². The molecule has 0 aliphatic rings. The van der Waals surface area contributed by atoms with E-state index in [1.807, 2.05) is 0 Å². The first-order valence-corrected chi connectivity index (χ1v) is 11.6. The van der Waals surface area contributed by atoms with Crippen LogP contribution in [0.4, 0.5) is 0 Å². The lowest BCUT2D eigenvalue weighted by molar-refractivity contribution is 0.0997. The molecule has 0 radical (unpaired) electrons. The molecule has 1 amide bonds. The van der Waals surface area contributed by atoms with Crippen molar-refractivity contribution in [3.8, 4) is 11.5 Å². The summed E-state index contributed by atoms with van der Waals surface area (Å²) in [5.41, 5.74) is 6.53. The average molecular weight is 544 g/mol. The molecule has 0 saturated heterocycles. The number of methoxy groups -OCH3 is 1. The second-order valence-corrected chi connectivity index (χ2v) is 9.24. The number of carbonyl (C=O) groups is 1. The second-order valence-electron chi connectivity index (χ2n) is 7.29. The SMILES string of the molecule is COc1cc(S(=O)(=O)c2ccc(CCNC[C@@H](O)c3cccnc3)cc2)cc(C(N)=O)c1O.Cl.Cl. The van der Waals surface area contributed by atoms with Gasteiger partial charge in [-0.25, -0.2) is 8.42 Å². The Morgan fingerprint density at radius 3 is 2.40 bits per heavy atom. The predicted molar refractivity (Wildman–Crippen MR) is 135 cm³/mol. The van der Waals surface area contributed by atoms with Gasteiger partial charge in [0.2, 0.25) is 9.84 Å². The number of amides is 1.